The largest absolute Gasteiger partial charge is 0.466 e. The van der Waals surface area contributed by atoms with Gasteiger partial charge in [0.1, 0.15) is 0 Å². The van der Waals surface area contributed by atoms with Gasteiger partial charge in [0.15, 0.2) is 0 Å². The van der Waals surface area contributed by atoms with Crippen LogP contribution in [0.3, 0.4) is 0 Å². The number of nitrogens with zero attached hydrogens (tertiary/aromatic N) is 2. The van der Waals surface area contributed by atoms with E-state index in [4.69, 9.17) is 5.73 Å². The lowest BCUT2D eigenvalue weighted by molar-refractivity contribution is -0.136. The van der Waals surface area contributed by atoms with Crippen molar-refractivity contribution in [2.45, 2.75) is 13.5 Å². The number of hydrogen-bond donors (Lipinski definition) is 1. The lowest BCUT2D eigenvalue weighted by Gasteiger charge is -1.99. The maximum Gasteiger partial charge on any atom is 0.333 e. The maximum absolute atomic E-state index is 11.1. The van der Waals surface area contributed by atoms with E-state index in [2.05, 4.69) is 9.84 Å². The topological polar surface area (TPSA) is 87.2 Å². The minimum absolute atomic E-state index is 0.337. The monoisotopic (exact) mass is 223 g/mol. The maximum atomic E-state index is 11.1. The van der Waals surface area contributed by atoms with Gasteiger partial charge in [-0.15, -0.1) is 0 Å². The molecule has 0 unspecified atom stereocenters. The van der Waals surface area contributed by atoms with Crippen LogP contribution in [-0.2, 0) is 16.1 Å². The SMILES string of the molecule is COC(=O)C(C)=CCn1cc(C(N)=O)cn1. The van der Waals surface area contributed by atoms with Crippen LogP contribution in [0, 0.1) is 0 Å². The zero-order chi connectivity index (χ0) is 12.1. The van der Waals surface area contributed by atoms with Crippen LogP contribution >= 0.6 is 0 Å². The van der Waals surface area contributed by atoms with Gasteiger partial charge in [0.25, 0.3) is 5.91 Å². The summed E-state index contributed by atoms with van der Waals surface area (Å²) in [7, 11) is 1.32. The summed E-state index contributed by atoms with van der Waals surface area (Å²) in [6.45, 7) is 2.03. The first-order valence-corrected chi connectivity index (χ1v) is 4.62. The first-order chi connectivity index (χ1) is 7.54. The minimum Gasteiger partial charge on any atom is -0.466 e. The second-order valence-electron chi connectivity index (χ2n) is 3.19. The van der Waals surface area contributed by atoms with E-state index in [1.165, 1.54) is 24.2 Å². The van der Waals surface area contributed by atoms with Gasteiger partial charge in [0.2, 0.25) is 0 Å². The standard InChI is InChI=1S/C10H13N3O3/c1-7(10(15)16-2)3-4-13-6-8(5-12-13)9(11)14/h3,5-6H,4H2,1-2H3,(H2,11,14). The highest BCUT2D eigenvalue weighted by molar-refractivity contribution is 5.92. The Morgan fingerprint density at radius 1 is 1.62 bits per heavy atom. The van der Waals surface area contributed by atoms with Crippen LogP contribution in [0.1, 0.15) is 17.3 Å². The van der Waals surface area contributed by atoms with E-state index in [0.29, 0.717) is 17.7 Å². The van der Waals surface area contributed by atoms with Crippen LogP contribution in [0.4, 0.5) is 0 Å². The quantitative estimate of drug-likeness (QED) is 0.579. The molecule has 0 aliphatic rings. The Morgan fingerprint density at radius 3 is 2.81 bits per heavy atom. The number of hydrogen-bond acceptors (Lipinski definition) is 4. The summed E-state index contributed by atoms with van der Waals surface area (Å²) in [5.41, 5.74) is 5.89. The number of aromatic nitrogens is 2. The number of nitrogens with two attached hydrogens (primary N) is 1. The summed E-state index contributed by atoms with van der Waals surface area (Å²) in [5, 5.41) is 3.91. The van der Waals surface area contributed by atoms with E-state index in [0.717, 1.165) is 0 Å². The van der Waals surface area contributed by atoms with E-state index < -0.39 is 5.91 Å². The number of esters is 1. The Morgan fingerprint density at radius 2 is 2.31 bits per heavy atom. The Labute approximate surface area is 92.7 Å². The molecular weight excluding hydrogens is 210 g/mol. The van der Waals surface area contributed by atoms with Gasteiger partial charge >= 0.3 is 5.97 Å². The number of methoxy groups -OCH3 is 1. The number of carbonyl (C=O) groups is 2. The molecule has 0 saturated carbocycles. The van der Waals surface area contributed by atoms with Gasteiger partial charge in [-0.25, -0.2) is 4.79 Å². The van der Waals surface area contributed by atoms with Crippen LogP contribution in [0.25, 0.3) is 0 Å². The van der Waals surface area contributed by atoms with Crippen molar-refractivity contribution < 1.29 is 14.3 Å². The molecule has 16 heavy (non-hydrogen) atoms. The lowest BCUT2D eigenvalue weighted by Crippen LogP contribution is -2.09. The first kappa shape index (κ1) is 12.0. The van der Waals surface area contributed by atoms with Crippen molar-refractivity contribution in [3.63, 3.8) is 0 Å². The molecule has 6 nitrogen and oxygen atoms in total. The number of ether oxygens (including phenoxy) is 1. The van der Waals surface area contributed by atoms with Gasteiger partial charge in [-0.3, -0.25) is 9.48 Å². The van der Waals surface area contributed by atoms with Crippen LogP contribution in [-0.4, -0.2) is 28.8 Å². The fourth-order valence-electron chi connectivity index (χ4n) is 1.07. The third kappa shape index (κ3) is 2.94. The smallest absolute Gasteiger partial charge is 0.333 e. The highest BCUT2D eigenvalue weighted by Gasteiger charge is 2.04. The molecule has 6 heteroatoms. The summed E-state index contributed by atoms with van der Waals surface area (Å²) in [5.74, 6) is -0.915. The van der Waals surface area contributed by atoms with Gasteiger partial charge in [-0.2, -0.15) is 5.10 Å². The number of allylic oxidation sites excluding steroid dienone is 1. The average Bonchev–Trinajstić information content (AvgIpc) is 2.73. The molecule has 0 aliphatic heterocycles. The van der Waals surface area contributed by atoms with Gasteiger partial charge in [0, 0.05) is 11.8 Å². The molecule has 0 aromatic carbocycles. The van der Waals surface area contributed by atoms with Gasteiger partial charge in [-0.05, 0) is 6.92 Å². The summed E-state index contributed by atoms with van der Waals surface area (Å²) in [6, 6.07) is 0. The molecule has 0 fully saturated rings. The van der Waals surface area contributed by atoms with Gasteiger partial charge < -0.3 is 10.5 Å². The molecule has 1 amide bonds. The van der Waals surface area contributed by atoms with E-state index >= 15 is 0 Å². The second kappa shape index (κ2) is 5.11. The predicted molar refractivity (Wildman–Crippen MR) is 56.5 cm³/mol. The van der Waals surface area contributed by atoms with Crippen molar-refractivity contribution in [2.24, 2.45) is 5.73 Å². The molecule has 86 valence electrons. The van der Waals surface area contributed by atoms with Crippen molar-refractivity contribution in [2.75, 3.05) is 7.11 Å². The molecule has 0 spiro atoms. The zero-order valence-electron chi connectivity index (χ0n) is 9.14. The normalized spacial score (nSPS) is 11.2. The molecule has 1 aromatic heterocycles. The molecule has 0 atom stereocenters. The van der Waals surface area contributed by atoms with E-state index in [-0.39, 0.29) is 5.97 Å². The highest BCUT2D eigenvalue weighted by atomic mass is 16.5. The fraction of sp³-hybridized carbons (Fsp3) is 0.300. The van der Waals surface area contributed by atoms with Crippen LogP contribution in [0.15, 0.2) is 24.0 Å². The number of carbonyl (C=O) groups excluding carboxylic acids is 2. The lowest BCUT2D eigenvalue weighted by atomic mass is 10.3. The number of rotatable bonds is 4. The molecule has 1 aromatic rings. The molecule has 1 rings (SSSR count). The summed E-state index contributed by atoms with van der Waals surface area (Å²) in [6.07, 6.45) is 4.55. The third-order valence-corrected chi connectivity index (χ3v) is 2.01. The van der Waals surface area contributed by atoms with Crippen molar-refractivity contribution in [3.8, 4) is 0 Å². The van der Waals surface area contributed by atoms with E-state index in [9.17, 15) is 9.59 Å². The third-order valence-electron chi connectivity index (χ3n) is 2.01. The number of amides is 1. The highest BCUT2D eigenvalue weighted by Crippen LogP contribution is 2.00. The molecule has 2 N–H and O–H groups in total. The summed E-state index contributed by atoms with van der Waals surface area (Å²) < 4.78 is 6.04. The summed E-state index contributed by atoms with van der Waals surface area (Å²) >= 11 is 0. The van der Waals surface area contributed by atoms with Crippen molar-refractivity contribution in [3.05, 3.63) is 29.6 Å². The molecule has 1 heterocycles. The van der Waals surface area contributed by atoms with Crippen molar-refractivity contribution in [1.82, 2.24) is 9.78 Å². The molecule has 0 saturated heterocycles. The fourth-order valence-corrected chi connectivity index (χ4v) is 1.07. The van der Waals surface area contributed by atoms with Crippen molar-refractivity contribution >= 4 is 11.9 Å². The molecule has 0 aliphatic carbocycles. The Balaban J connectivity index is 2.67. The van der Waals surface area contributed by atoms with Crippen molar-refractivity contribution in [1.29, 1.82) is 0 Å². The summed E-state index contributed by atoms with van der Waals surface area (Å²) in [4.78, 5) is 21.8. The molecule has 0 radical (unpaired) electrons. The minimum atomic E-state index is -0.528. The predicted octanol–water partition coefficient (Wildman–Crippen LogP) is 0.101. The molecular formula is C10H13N3O3. The second-order valence-corrected chi connectivity index (χ2v) is 3.19. The Kier molecular flexibility index (Phi) is 3.82. The van der Waals surface area contributed by atoms with Crippen LogP contribution in [0.5, 0.6) is 0 Å². The van der Waals surface area contributed by atoms with Crippen LogP contribution < -0.4 is 5.73 Å². The van der Waals surface area contributed by atoms with Crippen LogP contribution in [0.2, 0.25) is 0 Å². The zero-order valence-corrected chi connectivity index (χ0v) is 9.14. The van der Waals surface area contributed by atoms with E-state index in [1.807, 2.05) is 0 Å². The molecule has 0 bridgehead atoms. The van der Waals surface area contributed by atoms with Gasteiger partial charge in [-0.1, -0.05) is 6.08 Å². The average molecular weight is 223 g/mol. The van der Waals surface area contributed by atoms with E-state index in [1.54, 1.807) is 13.0 Å². The van der Waals surface area contributed by atoms with Gasteiger partial charge in [0.05, 0.1) is 25.4 Å². The Hall–Kier alpha value is -2.11. The Bertz CT molecular complexity index is 434. The first-order valence-electron chi connectivity index (χ1n) is 4.62. The number of primary amides is 1.